The first-order valence-corrected chi connectivity index (χ1v) is 8.00. The Kier molecular flexibility index (Phi) is 3.32. The Hall–Kier alpha value is -1.58. The Labute approximate surface area is 125 Å². The predicted molar refractivity (Wildman–Crippen MR) is 85.5 cm³/mol. The number of nitrogens with zero attached hydrogens (tertiary/aromatic N) is 1. The van der Waals surface area contributed by atoms with E-state index in [4.69, 9.17) is 0 Å². The molecule has 2 aromatic carbocycles. The molecule has 1 atom stereocenters. The summed E-state index contributed by atoms with van der Waals surface area (Å²) in [4.78, 5) is 2.63. The number of fused-ring (bicyclic) bond motifs is 1. The van der Waals surface area contributed by atoms with Crippen molar-refractivity contribution in [3.63, 3.8) is 0 Å². The van der Waals surface area contributed by atoms with Crippen LogP contribution in [0.2, 0.25) is 0 Å². The molecule has 0 radical (unpaired) electrons. The highest BCUT2D eigenvalue weighted by molar-refractivity contribution is 5.91. The second-order valence-corrected chi connectivity index (χ2v) is 6.29. The highest BCUT2D eigenvalue weighted by Gasteiger charge is 2.37. The van der Waals surface area contributed by atoms with Crippen LogP contribution in [0.3, 0.4) is 0 Å². The van der Waals surface area contributed by atoms with E-state index in [9.17, 15) is 5.11 Å². The Bertz CT molecular complexity index is 645. The Morgan fingerprint density at radius 1 is 1.00 bits per heavy atom. The van der Waals surface area contributed by atoms with Crippen molar-refractivity contribution in [2.45, 2.75) is 18.9 Å². The summed E-state index contributed by atoms with van der Waals surface area (Å²) in [5.74, 6) is 1.18. The Balaban J connectivity index is 1.80. The van der Waals surface area contributed by atoms with Crippen molar-refractivity contribution in [2.24, 2.45) is 5.92 Å². The van der Waals surface area contributed by atoms with Crippen molar-refractivity contribution >= 4 is 10.8 Å². The zero-order valence-electron chi connectivity index (χ0n) is 12.3. The number of benzene rings is 2. The molecule has 0 amide bonds. The quantitative estimate of drug-likeness (QED) is 0.908. The SMILES string of the molecule is Oc1ccc([C@H](C2CC2)N2CCNCC2)c2ccccc12. The molecule has 1 saturated carbocycles. The molecule has 0 bridgehead atoms. The van der Waals surface area contributed by atoms with Crippen molar-refractivity contribution in [2.75, 3.05) is 26.2 Å². The molecule has 0 spiro atoms. The van der Waals surface area contributed by atoms with E-state index in [2.05, 4.69) is 28.4 Å². The molecule has 1 heterocycles. The summed E-state index contributed by atoms with van der Waals surface area (Å²) >= 11 is 0. The second-order valence-electron chi connectivity index (χ2n) is 6.29. The van der Waals surface area contributed by atoms with Gasteiger partial charge in [0.25, 0.3) is 0 Å². The van der Waals surface area contributed by atoms with Crippen LogP contribution in [-0.2, 0) is 0 Å². The lowest BCUT2D eigenvalue weighted by Gasteiger charge is -2.36. The highest BCUT2D eigenvalue weighted by atomic mass is 16.3. The molecule has 2 aromatic rings. The van der Waals surface area contributed by atoms with Gasteiger partial charge in [-0.15, -0.1) is 0 Å². The Morgan fingerprint density at radius 2 is 1.71 bits per heavy atom. The summed E-state index contributed by atoms with van der Waals surface area (Å²) in [6, 6.07) is 12.8. The molecular formula is C18H22N2O. The van der Waals surface area contributed by atoms with Crippen LogP contribution in [0.15, 0.2) is 36.4 Å². The third-order valence-corrected chi connectivity index (χ3v) is 4.87. The van der Waals surface area contributed by atoms with Crippen LogP contribution in [0.25, 0.3) is 10.8 Å². The van der Waals surface area contributed by atoms with E-state index in [1.165, 1.54) is 23.8 Å². The van der Waals surface area contributed by atoms with E-state index in [1.807, 2.05) is 18.2 Å². The average molecular weight is 282 g/mol. The zero-order chi connectivity index (χ0) is 14.2. The number of phenols is 1. The van der Waals surface area contributed by atoms with E-state index in [-0.39, 0.29) is 0 Å². The van der Waals surface area contributed by atoms with Gasteiger partial charge in [0.15, 0.2) is 0 Å². The second kappa shape index (κ2) is 5.32. The van der Waals surface area contributed by atoms with E-state index >= 15 is 0 Å². The van der Waals surface area contributed by atoms with Crippen LogP contribution >= 0.6 is 0 Å². The van der Waals surface area contributed by atoms with Crippen molar-refractivity contribution in [1.29, 1.82) is 0 Å². The van der Waals surface area contributed by atoms with Gasteiger partial charge in [0.2, 0.25) is 0 Å². The average Bonchev–Trinajstić information content (AvgIpc) is 3.36. The topological polar surface area (TPSA) is 35.5 Å². The predicted octanol–water partition coefficient (Wildman–Crippen LogP) is 2.90. The minimum absolute atomic E-state index is 0.393. The smallest absolute Gasteiger partial charge is 0.123 e. The maximum atomic E-state index is 10.1. The van der Waals surface area contributed by atoms with Gasteiger partial charge in [-0.05, 0) is 35.8 Å². The molecule has 1 saturated heterocycles. The van der Waals surface area contributed by atoms with Crippen LogP contribution in [0.1, 0.15) is 24.4 Å². The Morgan fingerprint density at radius 3 is 2.43 bits per heavy atom. The minimum atomic E-state index is 0.393. The fourth-order valence-electron chi connectivity index (χ4n) is 3.69. The molecule has 0 unspecified atom stereocenters. The number of hydrogen-bond acceptors (Lipinski definition) is 3. The third-order valence-electron chi connectivity index (χ3n) is 4.87. The first-order valence-electron chi connectivity index (χ1n) is 8.00. The van der Waals surface area contributed by atoms with E-state index < -0.39 is 0 Å². The zero-order valence-corrected chi connectivity index (χ0v) is 12.3. The molecule has 3 nitrogen and oxygen atoms in total. The standard InChI is InChI=1S/C18H22N2O/c21-17-8-7-16(14-3-1-2-4-15(14)17)18(13-5-6-13)20-11-9-19-10-12-20/h1-4,7-8,13,18-19,21H,5-6,9-12H2/t18-/m0/s1. The fourth-order valence-corrected chi connectivity index (χ4v) is 3.69. The normalized spacial score (nSPS) is 21.5. The number of hydrogen-bond donors (Lipinski definition) is 2. The summed E-state index contributed by atoms with van der Waals surface area (Å²) in [6.07, 6.45) is 2.67. The first-order chi connectivity index (χ1) is 10.3. The van der Waals surface area contributed by atoms with Gasteiger partial charge >= 0.3 is 0 Å². The van der Waals surface area contributed by atoms with Gasteiger partial charge in [-0.1, -0.05) is 30.3 Å². The molecule has 2 aliphatic rings. The van der Waals surface area contributed by atoms with E-state index in [0.717, 1.165) is 37.5 Å². The van der Waals surface area contributed by atoms with Gasteiger partial charge in [-0.2, -0.15) is 0 Å². The molecule has 4 rings (SSSR count). The van der Waals surface area contributed by atoms with Crippen LogP contribution in [0, 0.1) is 5.92 Å². The molecule has 2 N–H and O–H groups in total. The minimum Gasteiger partial charge on any atom is -0.507 e. The highest BCUT2D eigenvalue weighted by Crippen LogP contribution is 2.47. The van der Waals surface area contributed by atoms with Gasteiger partial charge in [-0.25, -0.2) is 0 Å². The van der Waals surface area contributed by atoms with Gasteiger partial charge < -0.3 is 10.4 Å². The van der Waals surface area contributed by atoms with Gasteiger partial charge in [-0.3, -0.25) is 4.90 Å². The van der Waals surface area contributed by atoms with E-state index in [1.54, 1.807) is 0 Å². The van der Waals surface area contributed by atoms with Crippen LogP contribution < -0.4 is 5.32 Å². The molecule has 3 heteroatoms. The largest absolute Gasteiger partial charge is 0.507 e. The first kappa shape index (κ1) is 13.1. The fraction of sp³-hybridized carbons (Fsp3) is 0.444. The summed E-state index contributed by atoms with van der Waals surface area (Å²) in [6.45, 7) is 4.41. The van der Waals surface area contributed by atoms with Crippen molar-refractivity contribution < 1.29 is 5.11 Å². The molecule has 1 aliphatic carbocycles. The molecular weight excluding hydrogens is 260 g/mol. The molecule has 0 aromatic heterocycles. The van der Waals surface area contributed by atoms with Gasteiger partial charge in [0.05, 0.1) is 0 Å². The number of nitrogens with one attached hydrogen (secondary N) is 1. The number of aromatic hydroxyl groups is 1. The molecule has 110 valence electrons. The molecule has 1 aliphatic heterocycles. The third kappa shape index (κ3) is 2.41. The lowest BCUT2D eigenvalue weighted by Crippen LogP contribution is -2.45. The summed E-state index contributed by atoms with van der Waals surface area (Å²) in [5, 5.41) is 15.8. The van der Waals surface area contributed by atoms with Gasteiger partial charge in [0, 0.05) is 37.6 Å². The molecule has 2 fully saturated rings. The lowest BCUT2D eigenvalue weighted by molar-refractivity contribution is 0.157. The summed E-state index contributed by atoms with van der Waals surface area (Å²) < 4.78 is 0. The van der Waals surface area contributed by atoms with E-state index in [0.29, 0.717) is 11.8 Å². The van der Waals surface area contributed by atoms with Crippen molar-refractivity contribution in [3.8, 4) is 5.75 Å². The number of rotatable bonds is 3. The van der Waals surface area contributed by atoms with Crippen molar-refractivity contribution in [3.05, 3.63) is 42.0 Å². The maximum absolute atomic E-state index is 10.1. The summed E-state index contributed by atoms with van der Waals surface area (Å²) in [7, 11) is 0. The number of piperazine rings is 1. The maximum Gasteiger partial charge on any atom is 0.123 e. The van der Waals surface area contributed by atoms with Gasteiger partial charge in [0.1, 0.15) is 5.75 Å². The van der Waals surface area contributed by atoms with Crippen molar-refractivity contribution in [1.82, 2.24) is 10.2 Å². The summed E-state index contributed by atoms with van der Waals surface area (Å²) in [5.41, 5.74) is 1.40. The van der Waals surface area contributed by atoms with Crippen LogP contribution in [0.4, 0.5) is 0 Å². The monoisotopic (exact) mass is 282 g/mol. The number of phenolic OH excluding ortho intramolecular Hbond substituents is 1. The van der Waals surface area contributed by atoms with Crippen LogP contribution in [0.5, 0.6) is 5.75 Å². The molecule has 21 heavy (non-hydrogen) atoms. The van der Waals surface area contributed by atoms with Crippen LogP contribution in [-0.4, -0.2) is 36.2 Å². The lowest BCUT2D eigenvalue weighted by atomic mass is 9.93.